The van der Waals surface area contributed by atoms with Crippen LogP contribution in [0.4, 0.5) is 0 Å². The summed E-state index contributed by atoms with van der Waals surface area (Å²) in [7, 11) is 1.42. The van der Waals surface area contributed by atoms with E-state index in [-0.39, 0.29) is 12.4 Å². The van der Waals surface area contributed by atoms with Gasteiger partial charge in [-0.05, 0) is 25.0 Å². The predicted molar refractivity (Wildman–Crippen MR) is 78.0 cm³/mol. The van der Waals surface area contributed by atoms with Crippen molar-refractivity contribution in [3.05, 3.63) is 47.3 Å². The van der Waals surface area contributed by atoms with Gasteiger partial charge in [0.1, 0.15) is 0 Å². The standard InChI is InChI=1S/C16H20N2O2/c1-4-14-13(11-16(19)20-3)15(5-2)18(17-14)12-9-7-6-8-10-12/h6-10H,4-5,11H2,1-3H3. The number of aryl methyl sites for hydroxylation is 1. The molecule has 1 heterocycles. The number of nitrogens with zero attached hydrogens (tertiary/aromatic N) is 2. The molecule has 0 radical (unpaired) electrons. The van der Waals surface area contributed by atoms with Crippen molar-refractivity contribution in [2.75, 3.05) is 7.11 Å². The molecule has 0 N–H and O–H groups in total. The Kier molecular flexibility index (Phi) is 4.56. The van der Waals surface area contributed by atoms with E-state index in [1.54, 1.807) is 0 Å². The molecule has 0 aliphatic heterocycles. The lowest BCUT2D eigenvalue weighted by Crippen LogP contribution is -2.08. The monoisotopic (exact) mass is 272 g/mol. The fourth-order valence-corrected chi connectivity index (χ4v) is 2.39. The molecule has 0 atom stereocenters. The van der Waals surface area contributed by atoms with Gasteiger partial charge in [0.05, 0.1) is 24.9 Å². The van der Waals surface area contributed by atoms with E-state index in [1.807, 2.05) is 35.0 Å². The fraction of sp³-hybridized carbons (Fsp3) is 0.375. The lowest BCUT2D eigenvalue weighted by molar-refractivity contribution is -0.139. The van der Waals surface area contributed by atoms with Crippen LogP contribution in [0.2, 0.25) is 0 Å². The van der Waals surface area contributed by atoms with Gasteiger partial charge in [0, 0.05) is 11.3 Å². The number of hydrogen-bond donors (Lipinski definition) is 0. The fourth-order valence-electron chi connectivity index (χ4n) is 2.39. The third-order valence-corrected chi connectivity index (χ3v) is 3.39. The first-order valence-electron chi connectivity index (χ1n) is 6.93. The van der Waals surface area contributed by atoms with Gasteiger partial charge in [-0.1, -0.05) is 32.0 Å². The van der Waals surface area contributed by atoms with Crippen molar-refractivity contribution in [1.29, 1.82) is 0 Å². The third kappa shape index (κ3) is 2.74. The number of ether oxygens (including phenoxy) is 1. The third-order valence-electron chi connectivity index (χ3n) is 3.39. The molecule has 0 amide bonds. The highest BCUT2D eigenvalue weighted by Gasteiger charge is 2.19. The number of esters is 1. The number of carbonyl (C=O) groups is 1. The summed E-state index contributed by atoms with van der Waals surface area (Å²) in [5, 5.41) is 4.67. The summed E-state index contributed by atoms with van der Waals surface area (Å²) in [6, 6.07) is 10.00. The largest absolute Gasteiger partial charge is 0.469 e. The Morgan fingerprint density at radius 3 is 2.45 bits per heavy atom. The van der Waals surface area contributed by atoms with Crippen LogP contribution >= 0.6 is 0 Å². The van der Waals surface area contributed by atoms with Gasteiger partial charge in [0.2, 0.25) is 0 Å². The number of benzene rings is 1. The molecule has 0 aliphatic carbocycles. The Balaban J connectivity index is 2.51. The zero-order valence-electron chi connectivity index (χ0n) is 12.2. The van der Waals surface area contributed by atoms with Crippen LogP contribution in [-0.2, 0) is 28.8 Å². The predicted octanol–water partition coefficient (Wildman–Crippen LogP) is 2.71. The first-order chi connectivity index (χ1) is 9.71. The Labute approximate surface area is 119 Å². The maximum Gasteiger partial charge on any atom is 0.310 e. The van der Waals surface area contributed by atoms with Crippen LogP contribution in [0.5, 0.6) is 0 Å². The average Bonchev–Trinajstić information content (AvgIpc) is 2.85. The van der Waals surface area contributed by atoms with E-state index in [1.165, 1.54) is 7.11 Å². The summed E-state index contributed by atoms with van der Waals surface area (Å²) < 4.78 is 6.73. The number of para-hydroxylation sites is 1. The molecule has 0 saturated carbocycles. The lowest BCUT2D eigenvalue weighted by atomic mass is 10.1. The zero-order chi connectivity index (χ0) is 14.5. The maximum atomic E-state index is 11.6. The normalized spacial score (nSPS) is 10.6. The smallest absolute Gasteiger partial charge is 0.310 e. The van der Waals surface area contributed by atoms with E-state index in [9.17, 15) is 4.79 Å². The van der Waals surface area contributed by atoms with Crippen molar-refractivity contribution in [3.63, 3.8) is 0 Å². The summed E-state index contributed by atoms with van der Waals surface area (Å²) in [5.41, 5.74) is 4.08. The number of rotatable bonds is 5. The second-order valence-corrected chi connectivity index (χ2v) is 4.58. The summed E-state index contributed by atoms with van der Waals surface area (Å²) in [6.07, 6.45) is 1.92. The molecule has 0 bridgehead atoms. The van der Waals surface area contributed by atoms with E-state index >= 15 is 0 Å². The van der Waals surface area contributed by atoms with Gasteiger partial charge < -0.3 is 4.74 Å². The number of methoxy groups -OCH3 is 1. The second-order valence-electron chi connectivity index (χ2n) is 4.58. The minimum atomic E-state index is -0.220. The van der Waals surface area contributed by atoms with E-state index in [0.717, 1.165) is 35.5 Å². The zero-order valence-corrected chi connectivity index (χ0v) is 12.2. The highest BCUT2D eigenvalue weighted by atomic mass is 16.5. The molecule has 2 rings (SSSR count). The second kappa shape index (κ2) is 6.37. The number of hydrogen-bond acceptors (Lipinski definition) is 3. The van der Waals surface area contributed by atoms with Crippen LogP contribution in [0.15, 0.2) is 30.3 Å². The van der Waals surface area contributed by atoms with Crippen LogP contribution in [0.1, 0.15) is 30.8 Å². The molecule has 106 valence electrons. The van der Waals surface area contributed by atoms with Gasteiger partial charge >= 0.3 is 5.97 Å². The van der Waals surface area contributed by atoms with E-state index in [2.05, 4.69) is 18.9 Å². The minimum absolute atomic E-state index is 0.220. The molecule has 0 spiro atoms. The topological polar surface area (TPSA) is 44.1 Å². The van der Waals surface area contributed by atoms with Gasteiger partial charge in [-0.2, -0.15) is 5.10 Å². The van der Waals surface area contributed by atoms with Crippen LogP contribution in [0, 0.1) is 0 Å². The van der Waals surface area contributed by atoms with Crippen molar-refractivity contribution in [2.45, 2.75) is 33.1 Å². The highest BCUT2D eigenvalue weighted by molar-refractivity contribution is 5.73. The molecule has 4 nitrogen and oxygen atoms in total. The lowest BCUT2D eigenvalue weighted by Gasteiger charge is -2.07. The van der Waals surface area contributed by atoms with Gasteiger partial charge in [0.15, 0.2) is 0 Å². The number of carbonyl (C=O) groups excluding carboxylic acids is 1. The van der Waals surface area contributed by atoms with Gasteiger partial charge in [-0.3, -0.25) is 4.79 Å². The van der Waals surface area contributed by atoms with Gasteiger partial charge in [-0.15, -0.1) is 0 Å². The van der Waals surface area contributed by atoms with Crippen LogP contribution in [-0.4, -0.2) is 22.9 Å². The van der Waals surface area contributed by atoms with Crippen LogP contribution < -0.4 is 0 Å². The molecule has 0 fully saturated rings. The van der Waals surface area contributed by atoms with E-state index in [0.29, 0.717) is 0 Å². The highest BCUT2D eigenvalue weighted by Crippen LogP contribution is 2.21. The summed E-state index contributed by atoms with van der Waals surface area (Å²) >= 11 is 0. The molecular formula is C16H20N2O2. The number of aromatic nitrogens is 2. The molecular weight excluding hydrogens is 252 g/mol. The van der Waals surface area contributed by atoms with Gasteiger partial charge in [0.25, 0.3) is 0 Å². The minimum Gasteiger partial charge on any atom is -0.469 e. The molecule has 1 aromatic carbocycles. The quantitative estimate of drug-likeness (QED) is 0.786. The Hall–Kier alpha value is -2.10. The van der Waals surface area contributed by atoms with E-state index in [4.69, 9.17) is 4.74 Å². The summed E-state index contributed by atoms with van der Waals surface area (Å²) in [6.45, 7) is 4.13. The van der Waals surface area contributed by atoms with Crippen molar-refractivity contribution in [2.24, 2.45) is 0 Å². The first kappa shape index (κ1) is 14.3. The Bertz CT molecular complexity index is 588. The van der Waals surface area contributed by atoms with Crippen molar-refractivity contribution < 1.29 is 9.53 Å². The van der Waals surface area contributed by atoms with Gasteiger partial charge in [-0.25, -0.2) is 4.68 Å². The molecule has 20 heavy (non-hydrogen) atoms. The Morgan fingerprint density at radius 2 is 1.90 bits per heavy atom. The molecule has 1 aromatic heterocycles. The van der Waals surface area contributed by atoms with Crippen LogP contribution in [0.25, 0.3) is 5.69 Å². The molecule has 0 unspecified atom stereocenters. The molecule has 0 saturated heterocycles. The van der Waals surface area contributed by atoms with Crippen molar-refractivity contribution in [3.8, 4) is 5.69 Å². The SMILES string of the molecule is CCc1nn(-c2ccccc2)c(CC)c1CC(=O)OC. The summed E-state index contributed by atoms with van der Waals surface area (Å²) in [5.74, 6) is -0.220. The van der Waals surface area contributed by atoms with Crippen molar-refractivity contribution in [1.82, 2.24) is 9.78 Å². The molecule has 2 aromatic rings. The Morgan fingerprint density at radius 1 is 1.20 bits per heavy atom. The molecule has 4 heteroatoms. The first-order valence-corrected chi connectivity index (χ1v) is 6.93. The van der Waals surface area contributed by atoms with Crippen LogP contribution in [0.3, 0.4) is 0 Å². The maximum absolute atomic E-state index is 11.6. The van der Waals surface area contributed by atoms with Crippen molar-refractivity contribution >= 4 is 5.97 Å². The molecule has 0 aliphatic rings. The average molecular weight is 272 g/mol. The van der Waals surface area contributed by atoms with E-state index < -0.39 is 0 Å². The summed E-state index contributed by atoms with van der Waals surface area (Å²) in [4.78, 5) is 11.6.